The third kappa shape index (κ3) is 3.05. The summed E-state index contributed by atoms with van der Waals surface area (Å²) in [6.45, 7) is 14.8. The molecule has 160 valence electrons. The number of morpholine rings is 1. The summed E-state index contributed by atoms with van der Waals surface area (Å²) in [5, 5.41) is 6.22. The zero-order valence-electron chi connectivity index (χ0n) is 17.2. The van der Waals surface area contributed by atoms with Gasteiger partial charge < -0.3 is 0 Å². The maximum atomic E-state index is 6.57. The first-order valence-electron chi connectivity index (χ1n) is 10.7. The molecule has 0 radical (unpaired) electrons. The zero-order chi connectivity index (χ0) is 19.4. The van der Waals surface area contributed by atoms with Crippen molar-refractivity contribution in [2.24, 2.45) is 21.8 Å². The molecule has 5 heterocycles. The summed E-state index contributed by atoms with van der Waals surface area (Å²) in [7, 11) is 2.22. The first kappa shape index (κ1) is 19.9. The normalized spacial score (nSPS) is 43.6. The molecule has 7 nitrogen and oxygen atoms in total. The van der Waals surface area contributed by atoms with Gasteiger partial charge >= 0.3 is 179 Å². The van der Waals surface area contributed by atoms with Gasteiger partial charge in [-0.25, -0.2) is 0 Å². The van der Waals surface area contributed by atoms with Crippen LogP contribution in [0, 0.1) is 16.7 Å². The number of alkyl halides is 1. The van der Waals surface area contributed by atoms with Crippen LogP contribution < -0.4 is 21.5 Å². The van der Waals surface area contributed by atoms with Crippen LogP contribution in [0.25, 0.3) is 0 Å². The Balaban J connectivity index is 1.34. The van der Waals surface area contributed by atoms with E-state index in [-0.39, 0.29) is 45.2 Å². The SMILES string of the molecule is C=NN1CCOC(C2COC(C3OCC34CCN([I-]CC)C4)C23CN(C)C3)C1. The molecular weight excluding hydrogens is 471 g/mol. The van der Waals surface area contributed by atoms with Gasteiger partial charge in [-0.05, 0) is 0 Å². The van der Waals surface area contributed by atoms with Crippen molar-refractivity contribution in [2.75, 3.05) is 70.6 Å². The molecule has 5 atom stereocenters. The van der Waals surface area contributed by atoms with Gasteiger partial charge in [0.2, 0.25) is 0 Å². The molecule has 0 bridgehead atoms. The van der Waals surface area contributed by atoms with E-state index in [1.807, 2.05) is 0 Å². The van der Waals surface area contributed by atoms with Crippen LogP contribution >= 0.6 is 0 Å². The molecular formula is C20H34IN4O3-. The van der Waals surface area contributed by atoms with Crippen LogP contribution in [-0.4, -0.2) is 109 Å². The van der Waals surface area contributed by atoms with Gasteiger partial charge in [-0.3, -0.25) is 0 Å². The average molecular weight is 505 g/mol. The van der Waals surface area contributed by atoms with Crippen LogP contribution in [0.3, 0.4) is 0 Å². The van der Waals surface area contributed by atoms with E-state index in [9.17, 15) is 0 Å². The summed E-state index contributed by atoms with van der Waals surface area (Å²) < 4.78 is 23.2. The number of hydrogen-bond acceptors (Lipinski definition) is 7. The molecule has 2 spiro atoms. The first-order valence-corrected chi connectivity index (χ1v) is 13.2. The van der Waals surface area contributed by atoms with Crippen LogP contribution in [0.5, 0.6) is 0 Å². The van der Waals surface area contributed by atoms with Crippen molar-refractivity contribution in [3.63, 3.8) is 0 Å². The molecule has 5 aliphatic heterocycles. The Labute approximate surface area is 179 Å². The molecule has 5 saturated heterocycles. The van der Waals surface area contributed by atoms with Gasteiger partial charge in [0.05, 0.1) is 0 Å². The molecule has 0 amide bonds. The van der Waals surface area contributed by atoms with E-state index >= 15 is 0 Å². The van der Waals surface area contributed by atoms with Gasteiger partial charge in [-0.15, -0.1) is 0 Å². The van der Waals surface area contributed by atoms with Crippen molar-refractivity contribution in [2.45, 2.75) is 31.7 Å². The van der Waals surface area contributed by atoms with Crippen molar-refractivity contribution < 1.29 is 35.7 Å². The Morgan fingerprint density at radius 1 is 1.14 bits per heavy atom. The first-order chi connectivity index (χ1) is 13.6. The molecule has 5 unspecified atom stereocenters. The summed E-state index contributed by atoms with van der Waals surface area (Å²) in [5.41, 5.74) is 0.493. The standard InChI is InChI=1S/C20H34IN4O3/c1-4-21-24-6-5-19(11-24)14-28-17(19)18-20(12-23(3)13-20)15(10-27-18)16-9-25(22-2)7-8-26-16/h15-18H,2,4-14H2,1,3H3/q-1. The fourth-order valence-corrected chi connectivity index (χ4v) is 8.78. The van der Waals surface area contributed by atoms with Crippen LogP contribution in [0.4, 0.5) is 0 Å². The number of hydrazone groups is 1. The van der Waals surface area contributed by atoms with Crippen molar-refractivity contribution in [1.29, 1.82) is 0 Å². The van der Waals surface area contributed by atoms with E-state index < -0.39 is 0 Å². The minimum absolute atomic E-state index is 0.162. The zero-order valence-corrected chi connectivity index (χ0v) is 19.3. The van der Waals surface area contributed by atoms with Crippen molar-refractivity contribution in [3.05, 3.63) is 0 Å². The van der Waals surface area contributed by atoms with Gasteiger partial charge in [-0.2, -0.15) is 0 Å². The molecule has 8 heteroatoms. The summed E-state index contributed by atoms with van der Waals surface area (Å²) in [5.74, 6) is 0.417. The topological polar surface area (TPSA) is 49.8 Å². The number of hydrogen-bond donors (Lipinski definition) is 0. The molecule has 0 aromatic rings. The minimum atomic E-state index is 0.162. The maximum absolute atomic E-state index is 6.57. The Morgan fingerprint density at radius 2 is 2.00 bits per heavy atom. The van der Waals surface area contributed by atoms with Gasteiger partial charge in [0.1, 0.15) is 0 Å². The van der Waals surface area contributed by atoms with E-state index in [2.05, 4.69) is 38.8 Å². The molecule has 28 heavy (non-hydrogen) atoms. The van der Waals surface area contributed by atoms with Crippen LogP contribution in [0.15, 0.2) is 5.10 Å². The summed E-state index contributed by atoms with van der Waals surface area (Å²) in [4.78, 5) is 2.43. The average Bonchev–Trinajstić information content (AvgIpc) is 3.26. The van der Waals surface area contributed by atoms with Crippen LogP contribution in [0.2, 0.25) is 0 Å². The van der Waals surface area contributed by atoms with Crippen LogP contribution in [0.1, 0.15) is 13.3 Å². The van der Waals surface area contributed by atoms with E-state index in [4.69, 9.17) is 14.2 Å². The predicted octanol–water partition coefficient (Wildman–Crippen LogP) is -2.64. The summed E-state index contributed by atoms with van der Waals surface area (Å²) in [6, 6.07) is 0. The van der Waals surface area contributed by atoms with Crippen molar-refractivity contribution in [3.8, 4) is 0 Å². The second kappa shape index (κ2) is 7.60. The van der Waals surface area contributed by atoms with Gasteiger partial charge in [0, 0.05) is 0 Å². The van der Waals surface area contributed by atoms with Crippen molar-refractivity contribution in [1.82, 2.24) is 13.0 Å². The number of halogens is 1. The molecule has 0 saturated carbocycles. The molecule has 0 N–H and O–H groups in total. The molecule has 5 rings (SSSR count). The van der Waals surface area contributed by atoms with Crippen molar-refractivity contribution >= 4 is 6.72 Å². The second-order valence-corrected chi connectivity index (χ2v) is 12.9. The summed E-state index contributed by atoms with van der Waals surface area (Å²) in [6.07, 6.45) is 1.93. The second-order valence-electron chi connectivity index (χ2n) is 9.30. The third-order valence-electron chi connectivity index (χ3n) is 7.67. The van der Waals surface area contributed by atoms with E-state index in [1.54, 1.807) is 0 Å². The van der Waals surface area contributed by atoms with E-state index in [1.165, 1.54) is 23.9 Å². The predicted molar refractivity (Wildman–Crippen MR) is 103 cm³/mol. The number of rotatable bonds is 5. The fraction of sp³-hybridized carbons (Fsp3) is 0.950. The molecule has 0 aromatic heterocycles. The fourth-order valence-electron chi connectivity index (χ4n) is 6.31. The number of likely N-dealkylation sites (tertiary alicyclic amines) is 1. The van der Waals surface area contributed by atoms with E-state index in [0.717, 1.165) is 46.0 Å². The van der Waals surface area contributed by atoms with E-state index in [0.29, 0.717) is 11.3 Å². The monoisotopic (exact) mass is 505 g/mol. The quantitative estimate of drug-likeness (QED) is 0.176. The number of ether oxygens (including phenoxy) is 3. The molecule has 0 aromatic carbocycles. The Bertz CT molecular complexity index is 604. The Morgan fingerprint density at radius 3 is 2.68 bits per heavy atom. The Kier molecular flexibility index (Phi) is 5.41. The van der Waals surface area contributed by atoms with Gasteiger partial charge in [0.15, 0.2) is 0 Å². The van der Waals surface area contributed by atoms with Gasteiger partial charge in [0.25, 0.3) is 0 Å². The summed E-state index contributed by atoms with van der Waals surface area (Å²) >= 11 is 0.198. The van der Waals surface area contributed by atoms with Gasteiger partial charge in [-0.1, -0.05) is 0 Å². The molecule has 5 aliphatic rings. The Hall–Kier alpha value is -0.000000000000000187. The van der Waals surface area contributed by atoms with Crippen LogP contribution in [-0.2, 0) is 14.2 Å². The number of nitrogens with zero attached hydrogens (tertiary/aromatic N) is 4. The molecule has 0 aliphatic carbocycles. The molecule has 5 fully saturated rings. The third-order valence-corrected chi connectivity index (χ3v) is 10.1.